The van der Waals surface area contributed by atoms with Gasteiger partial charge in [0, 0.05) is 0 Å². The minimum atomic E-state index is 0. The minimum Gasteiger partial charge on any atom is -1.00 e. The standard InChI is InChI=1S/3C32H68N.3BrH/c3*1-5-9-13-17-18-19-20-21-22-23-24-28-32-33(29-25-14-10-6-2,30-26-15-11-7-3)31-27-16-12-8-4;;;/h3*5-32H2,1-4H3;3*1H/q3*+1;;;/p-3. The van der Waals surface area contributed by atoms with Crippen LogP contribution in [0.2, 0.25) is 0 Å². The molecular formula is C96H204Br3N3. The van der Waals surface area contributed by atoms with Gasteiger partial charge in [0.15, 0.2) is 0 Å². The maximum Gasteiger partial charge on any atom is 0.0786 e. The average Bonchev–Trinajstić information content (AvgIpc) is 0.890. The average molecular weight is 1640 g/mol. The zero-order chi connectivity index (χ0) is 72.9. The molecule has 0 rings (SSSR count). The molecule has 0 aliphatic heterocycles. The molecule has 0 unspecified atom stereocenters. The van der Waals surface area contributed by atoms with E-state index in [1.165, 1.54) is 554 Å². The van der Waals surface area contributed by atoms with Gasteiger partial charge in [-0.3, -0.25) is 0 Å². The van der Waals surface area contributed by atoms with E-state index in [-0.39, 0.29) is 50.9 Å². The van der Waals surface area contributed by atoms with Crippen molar-refractivity contribution in [1.29, 1.82) is 0 Å². The molecule has 0 atom stereocenters. The second kappa shape index (κ2) is 98.4. The molecule has 0 aromatic carbocycles. The Morgan fingerprint density at radius 3 is 0.225 bits per heavy atom. The first-order chi connectivity index (χ1) is 48.7. The lowest BCUT2D eigenvalue weighted by Crippen LogP contribution is -3.00. The number of quaternary nitrogens is 3. The van der Waals surface area contributed by atoms with Crippen molar-refractivity contribution >= 4 is 0 Å². The third kappa shape index (κ3) is 85.3. The van der Waals surface area contributed by atoms with Gasteiger partial charge in [-0.2, -0.15) is 0 Å². The Morgan fingerprint density at radius 2 is 0.147 bits per heavy atom. The molecule has 0 aromatic heterocycles. The Bertz CT molecular complexity index is 1140. The maximum atomic E-state index is 2.35. The highest BCUT2D eigenvalue weighted by Crippen LogP contribution is 2.25. The van der Waals surface area contributed by atoms with Crippen molar-refractivity contribution in [3.8, 4) is 0 Å². The van der Waals surface area contributed by atoms with E-state index in [1.54, 1.807) is 0 Å². The first-order valence-corrected chi connectivity index (χ1v) is 48.3. The van der Waals surface area contributed by atoms with E-state index in [0.29, 0.717) is 0 Å². The van der Waals surface area contributed by atoms with E-state index in [0.717, 1.165) is 0 Å². The van der Waals surface area contributed by atoms with E-state index >= 15 is 0 Å². The summed E-state index contributed by atoms with van der Waals surface area (Å²) >= 11 is 0. The molecule has 0 spiro atoms. The lowest BCUT2D eigenvalue weighted by atomic mass is 10.0. The van der Waals surface area contributed by atoms with Crippen molar-refractivity contribution < 1.29 is 64.4 Å². The molecule has 0 N–H and O–H groups in total. The van der Waals surface area contributed by atoms with Gasteiger partial charge in [-0.05, 0) is 154 Å². The molecule has 0 radical (unpaired) electrons. The molecule has 0 saturated carbocycles. The Hall–Kier alpha value is 1.32. The molecule has 0 bridgehead atoms. The maximum absolute atomic E-state index is 2.35. The number of hydrogen-bond donors (Lipinski definition) is 0. The van der Waals surface area contributed by atoms with Crippen LogP contribution in [0.1, 0.15) is 545 Å². The fourth-order valence-corrected chi connectivity index (χ4v) is 16.7. The molecule has 624 valence electrons. The van der Waals surface area contributed by atoms with Gasteiger partial charge in [0.05, 0.1) is 78.5 Å². The number of halogens is 3. The Balaban J connectivity index is -0.000000334. The van der Waals surface area contributed by atoms with Crippen LogP contribution < -0.4 is 50.9 Å². The molecule has 0 aliphatic carbocycles. The summed E-state index contributed by atoms with van der Waals surface area (Å²) in [4.78, 5) is 0. The van der Waals surface area contributed by atoms with Crippen molar-refractivity contribution in [2.75, 3.05) is 78.5 Å². The van der Waals surface area contributed by atoms with E-state index in [9.17, 15) is 0 Å². The van der Waals surface area contributed by atoms with Crippen molar-refractivity contribution in [2.45, 2.75) is 545 Å². The number of unbranched alkanes of at least 4 members (excludes halogenated alkanes) is 60. The predicted molar refractivity (Wildman–Crippen MR) is 460 cm³/mol. The monoisotopic (exact) mass is 1640 g/mol. The van der Waals surface area contributed by atoms with Crippen LogP contribution >= 0.6 is 0 Å². The topological polar surface area (TPSA) is 0 Å². The summed E-state index contributed by atoms with van der Waals surface area (Å²) in [5, 5.41) is 0. The molecule has 102 heavy (non-hydrogen) atoms. The largest absolute Gasteiger partial charge is 1.00 e. The smallest absolute Gasteiger partial charge is 0.0786 e. The molecule has 0 aliphatic rings. The highest BCUT2D eigenvalue weighted by molar-refractivity contribution is 4.60. The summed E-state index contributed by atoms with van der Waals surface area (Å²) in [6.45, 7) is 45.7. The van der Waals surface area contributed by atoms with Gasteiger partial charge in [-0.15, -0.1) is 0 Å². The van der Waals surface area contributed by atoms with Gasteiger partial charge in [0.1, 0.15) is 0 Å². The van der Waals surface area contributed by atoms with Gasteiger partial charge >= 0.3 is 0 Å². The van der Waals surface area contributed by atoms with Gasteiger partial charge in [0.25, 0.3) is 0 Å². The number of hydrogen-bond acceptors (Lipinski definition) is 0. The summed E-state index contributed by atoms with van der Waals surface area (Å²) < 4.78 is 4.40. The summed E-state index contributed by atoms with van der Waals surface area (Å²) in [6, 6.07) is 0. The third-order valence-electron chi connectivity index (χ3n) is 23.8. The molecule has 6 heteroatoms. The molecule has 0 aromatic rings. The van der Waals surface area contributed by atoms with E-state index in [2.05, 4.69) is 83.1 Å². The fraction of sp³-hybridized carbons (Fsp3) is 1.00. The first-order valence-electron chi connectivity index (χ1n) is 48.3. The summed E-state index contributed by atoms with van der Waals surface area (Å²) in [5.74, 6) is 0. The molecule has 0 heterocycles. The van der Waals surface area contributed by atoms with Crippen molar-refractivity contribution in [1.82, 2.24) is 0 Å². The Kier molecular flexibility index (Phi) is 110. The number of nitrogens with zero attached hydrogens (tertiary/aromatic N) is 3. The van der Waals surface area contributed by atoms with Crippen LogP contribution in [0.15, 0.2) is 0 Å². The quantitative estimate of drug-likeness (QED) is 0.0421. The van der Waals surface area contributed by atoms with Crippen molar-refractivity contribution in [2.24, 2.45) is 0 Å². The van der Waals surface area contributed by atoms with Crippen LogP contribution in [0.4, 0.5) is 0 Å². The van der Waals surface area contributed by atoms with Crippen molar-refractivity contribution in [3.63, 3.8) is 0 Å². The molecule has 3 nitrogen and oxygen atoms in total. The Labute approximate surface area is 683 Å². The zero-order valence-electron chi connectivity index (χ0n) is 73.9. The summed E-state index contributed by atoms with van der Waals surface area (Å²) in [5.41, 5.74) is 0. The lowest BCUT2D eigenvalue weighted by molar-refractivity contribution is -0.929. The summed E-state index contributed by atoms with van der Waals surface area (Å²) in [7, 11) is 0. The highest BCUT2D eigenvalue weighted by Gasteiger charge is 2.28. The fourth-order valence-electron chi connectivity index (χ4n) is 16.7. The van der Waals surface area contributed by atoms with Crippen LogP contribution in [-0.4, -0.2) is 92.0 Å². The minimum absolute atomic E-state index is 0. The van der Waals surface area contributed by atoms with E-state index in [1.807, 2.05) is 0 Å². The SMILES string of the molecule is CCCCCCCCCCCCCC[N+](CCCCCC)(CCCCCC)CCCCCC.CCCCCCCCCCCCCC[N+](CCCCCC)(CCCCCC)CCCCCC.CCCCCCCCCCCCCC[N+](CCCCCC)(CCCCCC)CCCCCC.[Br-].[Br-].[Br-]. The van der Waals surface area contributed by atoms with Crippen LogP contribution in [0.5, 0.6) is 0 Å². The van der Waals surface area contributed by atoms with Gasteiger partial charge in [0.2, 0.25) is 0 Å². The van der Waals surface area contributed by atoms with Gasteiger partial charge in [-0.1, -0.05) is 391 Å². The second-order valence-corrected chi connectivity index (χ2v) is 33.9. The third-order valence-corrected chi connectivity index (χ3v) is 23.8. The molecular weight excluding hydrogens is 1430 g/mol. The lowest BCUT2D eigenvalue weighted by Gasteiger charge is -2.39. The second-order valence-electron chi connectivity index (χ2n) is 33.9. The highest BCUT2D eigenvalue weighted by atomic mass is 79.9. The zero-order valence-corrected chi connectivity index (χ0v) is 78.6. The van der Waals surface area contributed by atoms with Gasteiger partial charge < -0.3 is 64.4 Å². The molecule has 0 fully saturated rings. The van der Waals surface area contributed by atoms with E-state index < -0.39 is 0 Å². The Morgan fingerprint density at radius 1 is 0.0882 bits per heavy atom. The number of rotatable bonds is 84. The molecule has 0 saturated heterocycles. The molecule has 0 amide bonds. The van der Waals surface area contributed by atoms with Gasteiger partial charge in [-0.25, -0.2) is 0 Å². The normalized spacial score (nSPS) is 11.6. The predicted octanol–water partition coefficient (Wildman–Crippen LogP) is 24.7. The van der Waals surface area contributed by atoms with Crippen LogP contribution in [-0.2, 0) is 0 Å². The van der Waals surface area contributed by atoms with Crippen LogP contribution in [0.25, 0.3) is 0 Å². The van der Waals surface area contributed by atoms with E-state index in [4.69, 9.17) is 0 Å². The van der Waals surface area contributed by atoms with Crippen molar-refractivity contribution in [3.05, 3.63) is 0 Å². The van der Waals surface area contributed by atoms with Crippen LogP contribution in [0, 0.1) is 0 Å². The first kappa shape index (κ1) is 114. The summed E-state index contributed by atoms with van der Waals surface area (Å²) in [6.07, 6.45) is 104. The van der Waals surface area contributed by atoms with Crippen LogP contribution in [0.3, 0.4) is 0 Å².